The Bertz CT molecular complexity index is 620. The van der Waals surface area contributed by atoms with Crippen LogP contribution in [0.3, 0.4) is 0 Å². The fourth-order valence-electron chi connectivity index (χ4n) is 4.27. The van der Waals surface area contributed by atoms with Crippen molar-refractivity contribution in [2.24, 2.45) is 0 Å². The summed E-state index contributed by atoms with van der Waals surface area (Å²) in [6, 6.07) is 15.7. The first-order chi connectivity index (χ1) is 12.4. The summed E-state index contributed by atoms with van der Waals surface area (Å²) in [6.45, 7) is 8.09. The summed E-state index contributed by atoms with van der Waals surface area (Å²) in [5.74, 6) is 1.09. The lowest BCUT2D eigenvalue weighted by atomic mass is 10.0. The van der Waals surface area contributed by atoms with Gasteiger partial charge >= 0.3 is 0 Å². The normalized spacial score (nSPS) is 21.4. The number of benzene rings is 1. The van der Waals surface area contributed by atoms with E-state index in [-0.39, 0.29) is 0 Å². The van der Waals surface area contributed by atoms with Gasteiger partial charge in [-0.3, -0.25) is 9.80 Å². The largest absolute Gasteiger partial charge is 0.468 e. The summed E-state index contributed by atoms with van der Waals surface area (Å²) in [6.07, 6.45) is 5.61. The zero-order valence-corrected chi connectivity index (χ0v) is 15.0. The average molecular weight is 339 g/mol. The molecular formula is C21H29N3O. The molecule has 25 heavy (non-hydrogen) atoms. The molecule has 2 aliphatic rings. The molecule has 2 saturated heterocycles. The summed E-state index contributed by atoms with van der Waals surface area (Å²) in [4.78, 5) is 7.82. The molecule has 0 spiro atoms. The van der Waals surface area contributed by atoms with Crippen molar-refractivity contribution < 1.29 is 4.42 Å². The van der Waals surface area contributed by atoms with Crippen LogP contribution in [0.2, 0.25) is 0 Å². The molecule has 0 unspecified atom stereocenters. The van der Waals surface area contributed by atoms with E-state index < -0.39 is 0 Å². The van der Waals surface area contributed by atoms with Crippen LogP contribution >= 0.6 is 0 Å². The Balaban J connectivity index is 1.27. The standard InChI is InChI=1S/C21H29N3O/c1-2-6-19(7-3-1)23-11-5-12-24(16-15-23)20-9-13-22(14-10-20)18-21-8-4-17-25-21/h1-4,6-8,17,20H,5,9-16,18H2. The third kappa shape index (κ3) is 4.25. The molecule has 2 aromatic rings. The lowest BCUT2D eigenvalue weighted by Gasteiger charge is -2.37. The van der Waals surface area contributed by atoms with E-state index in [0.717, 1.165) is 24.9 Å². The monoisotopic (exact) mass is 339 g/mol. The van der Waals surface area contributed by atoms with E-state index >= 15 is 0 Å². The lowest BCUT2D eigenvalue weighted by molar-refractivity contribution is 0.106. The maximum absolute atomic E-state index is 5.49. The second kappa shape index (κ2) is 8.07. The Labute approximate surface area is 151 Å². The second-order valence-electron chi connectivity index (χ2n) is 7.30. The molecule has 1 aromatic heterocycles. The van der Waals surface area contributed by atoms with Gasteiger partial charge in [0.2, 0.25) is 0 Å². The number of rotatable bonds is 4. The van der Waals surface area contributed by atoms with Crippen molar-refractivity contribution in [2.75, 3.05) is 44.2 Å². The Kier molecular flexibility index (Phi) is 5.38. The number of hydrogen-bond acceptors (Lipinski definition) is 4. The SMILES string of the molecule is c1ccc(N2CCCN(C3CCN(Cc4ccco4)CC3)CC2)cc1. The molecule has 134 valence electrons. The van der Waals surface area contributed by atoms with E-state index in [9.17, 15) is 0 Å². The van der Waals surface area contributed by atoms with Crippen molar-refractivity contribution in [2.45, 2.75) is 31.8 Å². The van der Waals surface area contributed by atoms with Crippen LogP contribution < -0.4 is 4.90 Å². The molecule has 0 saturated carbocycles. The minimum atomic E-state index is 0.753. The van der Waals surface area contributed by atoms with Crippen molar-refractivity contribution in [3.05, 3.63) is 54.5 Å². The van der Waals surface area contributed by atoms with Gasteiger partial charge in [-0.05, 0) is 43.5 Å². The molecule has 1 aromatic carbocycles. The first-order valence-electron chi connectivity index (χ1n) is 9.67. The molecule has 0 atom stereocenters. The zero-order valence-electron chi connectivity index (χ0n) is 15.0. The van der Waals surface area contributed by atoms with E-state index in [1.165, 1.54) is 57.7 Å². The highest BCUT2D eigenvalue weighted by atomic mass is 16.3. The van der Waals surface area contributed by atoms with Crippen molar-refractivity contribution in [3.8, 4) is 0 Å². The molecular weight excluding hydrogens is 310 g/mol. The van der Waals surface area contributed by atoms with E-state index in [1.54, 1.807) is 6.26 Å². The number of para-hydroxylation sites is 1. The Morgan fingerprint density at radius 2 is 1.68 bits per heavy atom. The van der Waals surface area contributed by atoms with Crippen molar-refractivity contribution >= 4 is 5.69 Å². The van der Waals surface area contributed by atoms with E-state index in [4.69, 9.17) is 4.42 Å². The van der Waals surface area contributed by atoms with E-state index in [2.05, 4.69) is 51.1 Å². The Morgan fingerprint density at radius 1 is 0.840 bits per heavy atom. The van der Waals surface area contributed by atoms with Gasteiger partial charge in [0.1, 0.15) is 5.76 Å². The predicted octanol–water partition coefficient (Wildman–Crippen LogP) is 3.46. The first kappa shape index (κ1) is 16.7. The maximum atomic E-state index is 5.49. The first-order valence-corrected chi connectivity index (χ1v) is 9.67. The highest BCUT2D eigenvalue weighted by Gasteiger charge is 2.26. The molecule has 4 rings (SSSR count). The molecule has 2 aliphatic heterocycles. The van der Waals surface area contributed by atoms with E-state index in [1.807, 2.05) is 6.07 Å². The van der Waals surface area contributed by atoms with Gasteiger partial charge in [0.15, 0.2) is 0 Å². The number of hydrogen-bond donors (Lipinski definition) is 0. The minimum absolute atomic E-state index is 0.753. The third-order valence-corrected chi connectivity index (χ3v) is 5.68. The van der Waals surface area contributed by atoms with Crippen LogP contribution in [0.5, 0.6) is 0 Å². The summed E-state index contributed by atoms with van der Waals surface area (Å²) in [5.41, 5.74) is 1.37. The maximum Gasteiger partial charge on any atom is 0.117 e. The Hall–Kier alpha value is -1.78. The van der Waals surface area contributed by atoms with Gasteiger partial charge in [-0.15, -0.1) is 0 Å². The summed E-state index contributed by atoms with van der Waals surface area (Å²) >= 11 is 0. The van der Waals surface area contributed by atoms with Crippen LogP contribution in [0, 0.1) is 0 Å². The van der Waals surface area contributed by atoms with Gasteiger partial charge < -0.3 is 9.32 Å². The molecule has 0 N–H and O–H groups in total. The lowest BCUT2D eigenvalue weighted by Crippen LogP contribution is -2.45. The number of nitrogens with zero attached hydrogens (tertiary/aromatic N) is 3. The van der Waals surface area contributed by atoms with Gasteiger partial charge in [-0.2, -0.15) is 0 Å². The molecule has 3 heterocycles. The van der Waals surface area contributed by atoms with Crippen molar-refractivity contribution in [1.29, 1.82) is 0 Å². The molecule has 4 nitrogen and oxygen atoms in total. The van der Waals surface area contributed by atoms with Crippen LogP contribution in [-0.4, -0.2) is 55.1 Å². The molecule has 4 heteroatoms. The van der Waals surface area contributed by atoms with Crippen molar-refractivity contribution in [1.82, 2.24) is 9.80 Å². The summed E-state index contributed by atoms with van der Waals surface area (Å²) < 4.78 is 5.49. The second-order valence-corrected chi connectivity index (χ2v) is 7.30. The van der Waals surface area contributed by atoms with Crippen LogP contribution in [0.25, 0.3) is 0 Å². The van der Waals surface area contributed by atoms with Crippen LogP contribution in [-0.2, 0) is 6.54 Å². The van der Waals surface area contributed by atoms with Gasteiger partial charge in [0, 0.05) is 51.0 Å². The molecule has 0 aliphatic carbocycles. The minimum Gasteiger partial charge on any atom is -0.468 e. The number of piperidine rings is 1. The summed E-state index contributed by atoms with van der Waals surface area (Å²) in [7, 11) is 0. The van der Waals surface area contributed by atoms with Crippen LogP contribution in [0.15, 0.2) is 53.1 Å². The van der Waals surface area contributed by atoms with Crippen molar-refractivity contribution in [3.63, 3.8) is 0 Å². The third-order valence-electron chi connectivity index (χ3n) is 5.68. The summed E-state index contributed by atoms with van der Waals surface area (Å²) in [5, 5.41) is 0. The van der Waals surface area contributed by atoms with Crippen LogP contribution in [0.1, 0.15) is 25.0 Å². The number of likely N-dealkylation sites (tertiary alicyclic amines) is 1. The zero-order chi connectivity index (χ0) is 16.9. The van der Waals surface area contributed by atoms with Gasteiger partial charge in [0.25, 0.3) is 0 Å². The highest BCUT2D eigenvalue weighted by Crippen LogP contribution is 2.22. The van der Waals surface area contributed by atoms with Gasteiger partial charge in [0.05, 0.1) is 12.8 Å². The fourth-order valence-corrected chi connectivity index (χ4v) is 4.27. The number of anilines is 1. The predicted molar refractivity (Wildman–Crippen MR) is 102 cm³/mol. The smallest absolute Gasteiger partial charge is 0.117 e. The Morgan fingerprint density at radius 3 is 2.44 bits per heavy atom. The van der Waals surface area contributed by atoms with Gasteiger partial charge in [-0.1, -0.05) is 18.2 Å². The topological polar surface area (TPSA) is 22.9 Å². The van der Waals surface area contributed by atoms with Gasteiger partial charge in [-0.25, -0.2) is 0 Å². The number of furan rings is 1. The van der Waals surface area contributed by atoms with Crippen LogP contribution in [0.4, 0.5) is 5.69 Å². The molecule has 0 radical (unpaired) electrons. The molecule has 0 bridgehead atoms. The molecule has 2 fully saturated rings. The van der Waals surface area contributed by atoms with E-state index in [0.29, 0.717) is 0 Å². The fraction of sp³-hybridized carbons (Fsp3) is 0.524. The quantitative estimate of drug-likeness (QED) is 0.851. The molecule has 0 amide bonds. The highest BCUT2D eigenvalue weighted by molar-refractivity contribution is 5.46. The average Bonchev–Trinajstić information content (AvgIpc) is 3.05.